The first kappa shape index (κ1) is 16.2. The van der Waals surface area contributed by atoms with Crippen LogP contribution in [0.25, 0.3) is 0 Å². The van der Waals surface area contributed by atoms with Crippen LogP contribution in [0.1, 0.15) is 45.6 Å². The predicted octanol–water partition coefficient (Wildman–Crippen LogP) is 3.80. The molecule has 0 saturated heterocycles. The van der Waals surface area contributed by atoms with Crippen molar-refractivity contribution in [3.63, 3.8) is 0 Å². The maximum absolute atomic E-state index is 5.85. The number of ether oxygens (including phenoxy) is 1. The van der Waals surface area contributed by atoms with Gasteiger partial charge >= 0.3 is 0 Å². The van der Waals surface area contributed by atoms with Gasteiger partial charge in [0.2, 0.25) is 0 Å². The van der Waals surface area contributed by atoms with E-state index in [1.54, 1.807) is 0 Å². The Labute approximate surface area is 118 Å². The fourth-order valence-corrected chi connectivity index (χ4v) is 2.58. The molecule has 0 aliphatic carbocycles. The average Bonchev–Trinajstić information content (AvgIpc) is 2.45. The fraction of sp³-hybridized carbons (Fsp3) is 0.647. The maximum atomic E-state index is 5.85. The summed E-state index contributed by atoms with van der Waals surface area (Å²) in [5, 5.41) is 3.58. The second-order valence-corrected chi connectivity index (χ2v) is 4.94. The Kier molecular flexibility index (Phi) is 8.52. The molecule has 2 unspecified atom stereocenters. The molecule has 0 saturated carbocycles. The fourth-order valence-electron chi connectivity index (χ4n) is 2.58. The third kappa shape index (κ3) is 6.22. The number of aryl methyl sites for hydroxylation is 1. The molecule has 1 rings (SSSR count). The molecule has 19 heavy (non-hydrogen) atoms. The standard InChI is InChI=1S/C17H29NO/c1-4-17(19-6-3)16(18-5-2)14-10-13-15-11-8-7-9-12-15/h7-9,11-12,16-18H,4-6,10,13-14H2,1-3H3. The van der Waals surface area contributed by atoms with Gasteiger partial charge in [-0.3, -0.25) is 0 Å². The first-order chi connectivity index (χ1) is 9.31. The molecule has 0 radical (unpaired) electrons. The summed E-state index contributed by atoms with van der Waals surface area (Å²) in [7, 11) is 0. The minimum Gasteiger partial charge on any atom is -0.377 e. The van der Waals surface area contributed by atoms with Gasteiger partial charge in [0.25, 0.3) is 0 Å². The van der Waals surface area contributed by atoms with E-state index in [0.717, 1.165) is 26.0 Å². The van der Waals surface area contributed by atoms with Gasteiger partial charge in [0.15, 0.2) is 0 Å². The Hall–Kier alpha value is -0.860. The highest BCUT2D eigenvalue weighted by Gasteiger charge is 2.18. The highest BCUT2D eigenvalue weighted by atomic mass is 16.5. The number of rotatable bonds is 10. The van der Waals surface area contributed by atoms with Crippen LogP contribution < -0.4 is 5.32 Å². The molecule has 0 aliphatic rings. The van der Waals surface area contributed by atoms with Crippen molar-refractivity contribution >= 4 is 0 Å². The van der Waals surface area contributed by atoms with Crippen molar-refractivity contribution in [1.29, 1.82) is 0 Å². The Morgan fingerprint density at radius 1 is 1.11 bits per heavy atom. The van der Waals surface area contributed by atoms with E-state index >= 15 is 0 Å². The molecule has 2 heteroatoms. The van der Waals surface area contributed by atoms with Crippen LogP contribution in [0.3, 0.4) is 0 Å². The van der Waals surface area contributed by atoms with E-state index < -0.39 is 0 Å². The van der Waals surface area contributed by atoms with E-state index in [2.05, 4.69) is 56.4 Å². The van der Waals surface area contributed by atoms with Crippen molar-refractivity contribution in [2.75, 3.05) is 13.2 Å². The van der Waals surface area contributed by atoms with Gasteiger partial charge in [-0.1, -0.05) is 44.2 Å². The Morgan fingerprint density at radius 3 is 2.42 bits per heavy atom. The van der Waals surface area contributed by atoms with Crippen LogP contribution >= 0.6 is 0 Å². The highest BCUT2D eigenvalue weighted by Crippen LogP contribution is 2.13. The molecule has 2 atom stereocenters. The third-order valence-electron chi connectivity index (χ3n) is 3.52. The maximum Gasteiger partial charge on any atom is 0.0725 e. The minimum absolute atomic E-state index is 0.348. The van der Waals surface area contributed by atoms with E-state index in [1.165, 1.54) is 18.4 Å². The van der Waals surface area contributed by atoms with E-state index in [0.29, 0.717) is 12.1 Å². The van der Waals surface area contributed by atoms with Crippen molar-refractivity contribution in [3.05, 3.63) is 35.9 Å². The van der Waals surface area contributed by atoms with Crippen molar-refractivity contribution in [2.24, 2.45) is 0 Å². The minimum atomic E-state index is 0.348. The zero-order valence-electron chi connectivity index (χ0n) is 12.7. The van der Waals surface area contributed by atoms with Crippen LogP contribution in [0, 0.1) is 0 Å². The number of benzene rings is 1. The molecule has 0 bridgehead atoms. The second kappa shape index (κ2) is 9.99. The van der Waals surface area contributed by atoms with E-state index in [-0.39, 0.29) is 0 Å². The molecule has 0 heterocycles. The van der Waals surface area contributed by atoms with Crippen molar-refractivity contribution in [2.45, 2.75) is 58.6 Å². The lowest BCUT2D eigenvalue weighted by Crippen LogP contribution is -2.41. The summed E-state index contributed by atoms with van der Waals surface area (Å²) in [6, 6.07) is 11.2. The summed E-state index contributed by atoms with van der Waals surface area (Å²) in [5.74, 6) is 0. The highest BCUT2D eigenvalue weighted by molar-refractivity contribution is 5.14. The molecule has 0 aromatic heterocycles. The zero-order valence-corrected chi connectivity index (χ0v) is 12.7. The molecule has 1 aromatic rings. The summed E-state index contributed by atoms with van der Waals surface area (Å²) in [6.45, 7) is 8.28. The Bertz CT molecular complexity index is 312. The van der Waals surface area contributed by atoms with Crippen LogP contribution in [-0.4, -0.2) is 25.3 Å². The van der Waals surface area contributed by atoms with Gasteiger partial charge < -0.3 is 10.1 Å². The number of hydrogen-bond acceptors (Lipinski definition) is 2. The first-order valence-electron chi connectivity index (χ1n) is 7.70. The lowest BCUT2D eigenvalue weighted by molar-refractivity contribution is 0.0296. The lowest BCUT2D eigenvalue weighted by atomic mass is 9.99. The van der Waals surface area contributed by atoms with Crippen molar-refractivity contribution in [3.8, 4) is 0 Å². The van der Waals surface area contributed by atoms with E-state index in [9.17, 15) is 0 Å². The van der Waals surface area contributed by atoms with E-state index in [4.69, 9.17) is 4.74 Å². The van der Waals surface area contributed by atoms with Gasteiger partial charge in [-0.05, 0) is 44.7 Å². The topological polar surface area (TPSA) is 21.3 Å². The smallest absolute Gasteiger partial charge is 0.0725 e. The quantitative estimate of drug-likeness (QED) is 0.693. The summed E-state index contributed by atoms with van der Waals surface area (Å²) in [6.07, 6.45) is 4.98. The predicted molar refractivity (Wildman–Crippen MR) is 82.5 cm³/mol. The van der Waals surface area contributed by atoms with E-state index in [1.807, 2.05) is 0 Å². The summed E-state index contributed by atoms with van der Waals surface area (Å²) < 4.78 is 5.85. The largest absolute Gasteiger partial charge is 0.377 e. The molecule has 0 spiro atoms. The van der Waals surface area contributed by atoms with Crippen LogP contribution in [-0.2, 0) is 11.2 Å². The van der Waals surface area contributed by atoms with Gasteiger partial charge in [0.05, 0.1) is 6.10 Å². The summed E-state index contributed by atoms with van der Waals surface area (Å²) in [4.78, 5) is 0. The van der Waals surface area contributed by atoms with Gasteiger partial charge in [-0.15, -0.1) is 0 Å². The first-order valence-corrected chi connectivity index (χ1v) is 7.70. The van der Waals surface area contributed by atoms with Crippen LogP contribution in [0.5, 0.6) is 0 Å². The van der Waals surface area contributed by atoms with Gasteiger partial charge in [-0.2, -0.15) is 0 Å². The van der Waals surface area contributed by atoms with Crippen LogP contribution in [0.4, 0.5) is 0 Å². The summed E-state index contributed by atoms with van der Waals surface area (Å²) in [5.41, 5.74) is 1.43. The molecule has 0 aliphatic heterocycles. The van der Waals surface area contributed by atoms with Gasteiger partial charge in [0, 0.05) is 12.6 Å². The molecule has 0 fully saturated rings. The monoisotopic (exact) mass is 263 g/mol. The normalized spacial score (nSPS) is 14.3. The Balaban J connectivity index is 2.40. The molecule has 108 valence electrons. The molecule has 2 nitrogen and oxygen atoms in total. The van der Waals surface area contributed by atoms with Crippen LogP contribution in [0.15, 0.2) is 30.3 Å². The average molecular weight is 263 g/mol. The SMILES string of the molecule is CCNC(CCCc1ccccc1)C(CC)OCC. The molecule has 1 aromatic carbocycles. The number of hydrogen-bond donors (Lipinski definition) is 1. The Morgan fingerprint density at radius 2 is 1.84 bits per heavy atom. The second-order valence-electron chi connectivity index (χ2n) is 4.94. The number of likely N-dealkylation sites (N-methyl/N-ethyl adjacent to an activating group) is 1. The van der Waals surface area contributed by atoms with Crippen molar-refractivity contribution in [1.82, 2.24) is 5.32 Å². The lowest BCUT2D eigenvalue weighted by Gasteiger charge is -2.27. The van der Waals surface area contributed by atoms with Crippen LogP contribution in [0.2, 0.25) is 0 Å². The third-order valence-corrected chi connectivity index (χ3v) is 3.52. The zero-order chi connectivity index (χ0) is 13.9. The molecule has 0 amide bonds. The van der Waals surface area contributed by atoms with Crippen molar-refractivity contribution < 1.29 is 4.74 Å². The van der Waals surface area contributed by atoms with Gasteiger partial charge in [0.1, 0.15) is 0 Å². The molecular weight excluding hydrogens is 234 g/mol. The van der Waals surface area contributed by atoms with Gasteiger partial charge in [-0.25, -0.2) is 0 Å². The summed E-state index contributed by atoms with van der Waals surface area (Å²) >= 11 is 0. The number of nitrogens with one attached hydrogen (secondary N) is 1. The molecule has 1 N–H and O–H groups in total. The molecular formula is C17H29NO.